The molecular weight excluding hydrogens is 266 g/mol. The third-order valence-corrected chi connectivity index (χ3v) is 4.59. The highest BCUT2D eigenvalue weighted by Gasteiger charge is 2.28. The summed E-state index contributed by atoms with van der Waals surface area (Å²) in [6.07, 6.45) is 3.36. The van der Waals surface area contributed by atoms with Crippen LogP contribution in [0.15, 0.2) is 35.7 Å². The SMILES string of the molecule is N#Cc1ccc2c(c1)nc(Cc1cccs1)n2C1CC1. The first-order chi connectivity index (χ1) is 9.85. The van der Waals surface area contributed by atoms with Gasteiger partial charge in [-0.3, -0.25) is 0 Å². The second-order valence-corrected chi connectivity index (χ2v) is 6.23. The Bertz CT molecular complexity index is 804. The number of nitrogens with zero attached hydrogens (tertiary/aromatic N) is 3. The normalized spacial score (nSPS) is 14.6. The molecule has 98 valence electrons. The molecule has 1 aliphatic carbocycles. The van der Waals surface area contributed by atoms with Gasteiger partial charge in [-0.1, -0.05) is 6.07 Å². The van der Waals surface area contributed by atoms with Gasteiger partial charge in [-0.25, -0.2) is 4.98 Å². The molecule has 1 fully saturated rings. The Morgan fingerprint density at radius 3 is 2.95 bits per heavy atom. The smallest absolute Gasteiger partial charge is 0.115 e. The summed E-state index contributed by atoms with van der Waals surface area (Å²) >= 11 is 1.77. The Labute approximate surface area is 121 Å². The molecule has 0 unspecified atom stereocenters. The van der Waals surface area contributed by atoms with E-state index < -0.39 is 0 Å². The molecule has 0 spiro atoms. The summed E-state index contributed by atoms with van der Waals surface area (Å²) in [6.45, 7) is 0. The highest BCUT2D eigenvalue weighted by molar-refractivity contribution is 7.09. The van der Waals surface area contributed by atoms with Gasteiger partial charge in [0, 0.05) is 17.3 Å². The lowest BCUT2D eigenvalue weighted by atomic mass is 10.2. The largest absolute Gasteiger partial charge is 0.325 e. The molecule has 0 saturated heterocycles. The third-order valence-electron chi connectivity index (χ3n) is 3.72. The summed E-state index contributed by atoms with van der Waals surface area (Å²) < 4.78 is 2.37. The standard InChI is InChI=1S/C16H13N3S/c17-10-11-3-6-15-14(8-11)18-16(19(15)12-4-5-12)9-13-2-1-7-20-13/h1-3,6-8,12H,4-5,9H2. The number of rotatable bonds is 3. The lowest BCUT2D eigenvalue weighted by molar-refractivity contribution is 0.717. The van der Waals surface area contributed by atoms with Gasteiger partial charge in [0.05, 0.1) is 22.7 Å². The summed E-state index contributed by atoms with van der Waals surface area (Å²) in [5, 5.41) is 11.1. The van der Waals surface area contributed by atoms with Crippen molar-refractivity contribution in [3.63, 3.8) is 0 Å². The Morgan fingerprint density at radius 2 is 2.25 bits per heavy atom. The Morgan fingerprint density at radius 1 is 1.35 bits per heavy atom. The maximum atomic E-state index is 9.02. The molecule has 0 N–H and O–H groups in total. The van der Waals surface area contributed by atoms with Gasteiger partial charge in [-0.2, -0.15) is 5.26 Å². The van der Waals surface area contributed by atoms with Crippen LogP contribution in [0.25, 0.3) is 11.0 Å². The molecule has 20 heavy (non-hydrogen) atoms. The van der Waals surface area contributed by atoms with E-state index in [-0.39, 0.29) is 0 Å². The second kappa shape index (κ2) is 4.46. The highest BCUT2D eigenvalue weighted by atomic mass is 32.1. The first-order valence-electron chi connectivity index (χ1n) is 6.78. The van der Waals surface area contributed by atoms with Gasteiger partial charge in [0.25, 0.3) is 0 Å². The van der Waals surface area contributed by atoms with Crippen LogP contribution in [0.1, 0.15) is 35.1 Å². The molecule has 1 aliphatic rings. The van der Waals surface area contributed by atoms with Gasteiger partial charge >= 0.3 is 0 Å². The molecule has 3 aromatic rings. The number of thiophene rings is 1. The van der Waals surface area contributed by atoms with Crippen LogP contribution in [0.2, 0.25) is 0 Å². The van der Waals surface area contributed by atoms with E-state index in [1.807, 2.05) is 18.2 Å². The number of hydrogen-bond acceptors (Lipinski definition) is 3. The Hall–Kier alpha value is -2.12. The monoisotopic (exact) mass is 279 g/mol. The van der Waals surface area contributed by atoms with Crippen molar-refractivity contribution in [3.8, 4) is 6.07 Å². The quantitative estimate of drug-likeness (QED) is 0.729. The van der Waals surface area contributed by atoms with E-state index in [0.29, 0.717) is 11.6 Å². The van der Waals surface area contributed by atoms with Crippen molar-refractivity contribution >= 4 is 22.4 Å². The lowest BCUT2D eigenvalue weighted by Gasteiger charge is -2.06. The fourth-order valence-corrected chi connectivity index (χ4v) is 3.35. The van der Waals surface area contributed by atoms with Crippen LogP contribution in [0.4, 0.5) is 0 Å². The molecule has 0 amide bonds. The number of benzene rings is 1. The summed E-state index contributed by atoms with van der Waals surface area (Å²) in [5.74, 6) is 1.13. The Balaban J connectivity index is 1.86. The zero-order valence-electron chi connectivity index (χ0n) is 10.9. The minimum atomic E-state index is 0.600. The first kappa shape index (κ1) is 11.7. The predicted molar refractivity (Wildman–Crippen MR) is 79.8 cm³/mol. The van der Waals surface area contributed by atoms with E-state index in [1.165, 1.54) is 17.7 Å². The van der Waals surface area contributed by atoms with E-state index in [0.717, 1.165) is 23.3 Å². The molecule has 0 bridgehead atoms. The molecule has 0 atom stereocenters. The first-order valence-corrected chi connectivity index (χ1v) is 7.66. The average Bonchev–Trinajstić information content (AvgIpc) is 3.05. The lowest BCUT2D eigenvalue weighted by Crippen LogP contribution is -2.01. The summed E-state index contributed by atoms with van der Waals surface area (Å²) in [7, 11) is 0. The van der Waals surface area contributed by atoms with E-state index in [9.17, 15) is 0 Å². The van der Waals surface area contributed by atoms with Crippen LogP contribution < -0.4 is 0 Å². The minimum Gasteiger partial charge on any atom is -0.325 e. The fourth-order valence-electron chi connectivity index (χ4n) is 2.65. The van der Waals surface area contributed by atoms with E-state index in [1.54, 1.807) is 11.3 Å². The van der Waals surface area contributed by atoms with Gasteiger partial charge in [0.2, 0.25) is 0 Å². The molecule has 1 saturated carbocycles. The van der Waals surface area contributed by atoms with Crippen LogP contribution in [0.3, 0.4) is 0 Å². The van der Waals surface area contributed by atoms with Crippen molar-refractivity contribution in [1.82, 2.24) is 9.55 Å². The number of fused-ring (bicyclic) bond motifs is 1. The number of hydrogen-bond donors (Lipinski definition) is 0. The van der Waals surface area contributed by atoms with Gasteiger partial charge in [0.1, 0.15) is 5.82 Å². The van der Waals surface area contributed by atoms with Crippen molar-refractivity contribution in [2.24, 2.45) is 0 Å². The molecule has 4 heteroatoms. The van der Waals surface area contributed by atoms with Crippen LogP contribution in [-0.2, 0) is 6.42 Å². The molecule has 1 aromatic carbocycles. The summed E-state index contributed by atoms with van der Waals surface area (Å²) in [6, 6.07) is 12.8. The van der Waals surface area contributed by atoms with Crippen molar-refractivity contribution in [1.29, 1.82) is 5.26 Å². The Kier molecular flexibility index (Phi) is 2.61. The summed E-state index contributed by atoms with van der Waals surface area (Å²) in [5.41, 5.74) is 2.79. The molecule has 4 rings (SSSR count). The molecule has 2 aromatic heterocycles. The van der Waals surface area contributed by atoms with Crippen LogP contribution >= 0.6 is 11.3 Å². The highest BCUT2D eigenvalue weighted by Crippen LogP contribution is 2.39. The van der Waals surface area contributed by atoms with Gasteiger partial charge < -0.3 is 4.57 Å². The van der Waals surface area contributed by atoms with Crippen molar-refractivity contribution in [2.75, 3.05) is 0 Å². The number of imidazole rings is 1. The molecule has 3 nitrogen and oxygen atoms in total. The van der Waals surface area contributed by atoms with Crippen LogP contribution in [-0.4, -0.2) is 9.55 Å². The topological polar surface area (TPSA) is 41.6 Å². The van der Waals surface area contributed by atoms with E-state index in [2.05, 4.69) is 28.1 Å². The van der Waals surface area contributed by atoms with Gasteiger partial charge in [0.15, 0.2) is 0 Å². The average molecular weight is 279 g/mol. The van der Waals surface area contributed by atoms with Crippen LogP contribution in [0.5, 0.6) is 0 Å². The maximum absolute atomic E-state index is 9.02. The molecule has 0 radical (unpaired) electrons. The minimum absolute atomic E-state index is 0.600. The molecule has 2 heterocycles. The fraction of sp³-hybridized carbons (Fsp3) is 0.250. The predicted octanol–water partition coefficient (Wildman–Crippen LogP) is 3.90. The zero-order valence-corrected chi connectivity index (χ0v) is 11.7. The molecule has 0 aliphatic heterocycles. The maximum Gasteiger partial charge on any atom is 0.115 e. The second-order valence-electron chi connectivity index (χ2n) is 5.20. The van der Waals surface area contributed by atoms with Gasteiger partial charge in [-0.15, -0.1) is 11.3 Å². The van der Waals surface area contributed by atoms with Crippen molar-refractivity contribution in [3.05, 3.63) is 52.0 Å². The number of nitriles is 1. The van der Waals surface area contributed by atoms with Crippen molar-refractivity contribution < 1.29 is 0 Å². The third kappa shape index (κ3) is 1.91. The van der Waals surface area contributed by atoms with Gasteiger partial charge in [-0.05, 0) is 42.5 Å². The van der Waals surface area contributed by atoms with Crippen molar-refractivity contribution in [2.45, 2.75) is 25.3 Å². The van der Waals surface area contributed by atoms with E-state index >= 15 is 0 Å². The van der Waals surface area contributed by atoms with Crippen LogP contribution in [0, 0.1) is 11.3 Å². The van der Waals surface area contributed by atoms with E-state index in [4.69, 9.17) is 10.2 Å². The molecular formula is C16H13N3S. The number of aromatic nitrogens is 2. The summed E-state index contributed by atoms with van der Waals surface area (Å²) in [4.78, 5) is 6.11. The zero-order chi connectivity index (χ0) is 13.5.